The minimum absolute atomic E-state index is 0.0196. The van der Waals surface area contributed by atoms with E-state index in [-0.39, 0.29) is 35.3 Å². The maximum Gasteiger partial charge on any atom is 0.251 e. The normalized spacial score (nSPS) is 23.4. The molecule has 2 N–H and O–H groups in total. The quantitative estimate of drug-likeness (QED) is 0.634. The van der Waals surface area contributed by atoms with Crippen LogP contribution < -0.4 is 10.6 Å². The van der Waals surface area contributed by atoms with E-state index in [9.17, 15) is 22.4 Å². The lowest BCUT2D eigenvalue weighted by atomic mass is 9.89. The Labute approximate surface area is 206 Å². The third-order valence-corrected chi connectivity index (χ3v) is 8.89. The standard InChI is InChI=1S/C26H32FN3O4S/c1-18-7-2-3-9-22(18)26(32)29-24-11-5-4-10-23(24)28-25(31)19-8-6-16-30(17-19)35(33,34)21-14-12-20(27)13-15-21/h2-3,7,9,12-15,19,23-24H,4-6,8,10-11,16-17H2,1H3,(H,28,31)(H,29,32)/t19?,23-,24-/m1/s1. The first-order valence-electron chi connectivity index (χ1n) is 12.2. The van der Waals surface area contributed by atoms with Gasteiger partial charge in [0, 0.05) is 30.7 Å². The number of nitrogens with one attached hydrogen (secondary N) is 2. The number of carbonyl (C=O) groups is 2. The highest BCUT2D eigenvalue weighted by atomic mass is 32.2. The summed E-state index contributed by atoms with van der Waals surface area (Å²) in [7, 11) is -3.81. The molecule has 1 aliphatic carbocycles. The van der Waals surface area contributed by atoms with Gasteiger partial charge in [0.25, 0.3) is 5.91 Å². The third kappa shape index (κ3) is 5.90. The number of sulfonamides is 1. The maximum atomic E-state index is 13.2. The van der Waals surface area contributed by atoms with E-state index < -0.39 is 21.8 Å². The van der Waals surface area contributed by atoms with Gasteiger partial charge in [-0.05, 0) is 68.5 Å². The van der Waals surface area contributed by atoms with Gasteiger partial charge in [0.1, 0.15) is 5.82 Å². The summed E-state index contributed by atoms with van der Waals surface area (Å²) >= 11 is 0. The van der Waals surface area contributed by atoms with Crippen LogP contribution >= 0.6 is 0 Å². The van der Waals surface area contributed by atoms with E-state index in [1.807, 2.05) is 25.1 Å². The molecule has 1 aliphatic heterocycles. The van der Waals surface area contributed by atoms with Gasteiger partial charge in [-0.2, -0.15) is 4.31 Å². The average Bonchev–Trinajstić information content (AvgIpc) is 2.86. The van der Waals surface area contributed by atoms with Gasteiger partial charge >= 0.3 is 0 Å². The van der Waals surface area contributed by atoms with Crippen molar-refractivity contribution in [2.24, 2.45) is 5.92 Å². The number of piperidine rings is 1. The first kappa shape index (κ1) is 25.3. The lowest BCUT2D eigenvalue weighted by Crippen LogP contribution is -2.55. The zero-order chi connectivity index (χ0) is 25.0. The molecule has 2 fully saturated rings. The summed E-state index contributed by atoms with van der Waals surface area (Å²) in [6.45, 7) is 2.30. The van der Waals surface area contributed by atoms with E-state index in [4.69, 9.17) is 0 Å². The lowest BCUT2D eigenvalue weighted by molar-refractivity contribution is -0.127. The topological polar surface area (TPSA) is 95.6 Å². The molecule has 2 aliphatic rings. The maximum absolute atomic E-state index is 13.2. The van der Waals surface area contributed by atoms with Crippen molar-refractivity contribution in [3.05, 3.63) is 65.5 Å². The molecule has 0 radical (unpaired) electrons. The molecule has 1 heterocycles. The number of hydrogen-bond acceptors (Lipinski definition) is 4. The van der Waals surface area contributed by atoms with Crippen LogP contribution in [-0.2, 0) is 14.8 Å². The number of benzene rings is 2. The van der Waals surface area contributed by atoms with Crippen molar-refractivity contribution in [1.29, 1.82) is 0 Å². The van der Waals surface area contributed by atoms with Crippen molar-refractivity contribution in [1.82, 2.24) is 14.9 Å². The number of nitrogens with zero attached hydrogens (tertiary/aromatic N) is 1. The van der Waals surface area contributed by atoms with Crippen LogP contribution in [0.1, 0.15) is 54.4 Å². The Morgan fingerprint density at radius 1 is 0.914 bits per heavy atom. The van der Waals surface area contributed by atoms with Crippen LogP contribution in [0.25, 0.3) is 0 Å². The second-order valence-corrected chi connectivity index (χ2v) is 11.4. The predicted molar refractivity (Wildman–Crippen MR) is 131 cm³/mol. The van der Waals surface area contributed by atoms with E-state index in [0.717, 1.165) is 43.4 Å². The van der Waals surface area contributed by atoms with Crippen LogP contribution in [0.2, 0.25) is 0 Å². The lowest BCUT2D eigenvalue weighted by Gasteiger charge is -2.36. The van der Waals surface area contributed by atoms with Crippen LogP contribution in [-0.4, -0.2) is 49.7 Å². The Bertz CT molecular complexity index is 1170. The van der Waals surface area contributed by atoms with E-state index in [1.54, 1.807) is 6.07 Å². The highest BCUT2D eigenvalue weighted by molar-refractivity contribution is 7.89. The van der Waals surface area contributed by atoms with Gasteiger partial charge in [0.15, 0.2) is 0 Å². The molecular formula is C26H32FN3O4S. The van der Waals surface area contributed by atoms with Gasteiger partial charge in [0.05, 0.1) is 10.8 Å². The number of aryl methyl sites for hydroxylation is 1. The fraction of sp³-hybridized carbons (Fsp3) is 0.462. The molecule has 1 saturated carbocycles. The molecule has 2 aromatic rings. The summed E-state index contributed by atoms with van der Waals surface area (Å²) in [6.07, 6.45) is 4.62. The summed E-state index contributed by atoms with van der Waals surface area (Å²) in [5.74, 6) is -1.32. The van der Waals surface area contributed by atoms with Gasteiger partial charge in [-0.1, -0.05) is 31.0 Å². The van der Waals surface area contributed by atoms with E-state index in [0.29, 0.717) is 24.9 Å². The molecule has 1 saturated heterocycles. The van der Waals surface area contributed by atoms with Crippen molar-refractivity contribution in [3.8, 4) is 0 Å². The minimum atomic E-state index is -3.81. The van der Waals surface area contributed by atoms with Crippen molar-refractivity contribution < 1.29 is 22.4 Å². The summed E-state index contributed by atoms with van der Waals surface area (Å²) in [5.41, 5.74) is 1.52. The Hall–Kier alpha value is -2.78. The van der Waals surface area contributed by atoms with E-state index in [1.165, 1.54) is 16.4 Å². The Morgan fingerprint density at radius 2 is 1.57 bits per heavy atom. The number of rotatable bonds is 6. The fourth-order valence-electron chi connectivity index (χ4n) is 4.98. The summed E-state index contributed by atoms with van der Waals surface area (Å²) < 4.78 is 40.6. The molecule has 0 bridgehead atoms. The molecule has 0 aromatic heterocycles. The molecule has 35 heavy (non-hydrogen) atoms. The zero-order valence-corrected chi connectivity index (χ0v) is 20.7. The number of hydrogen-bond donors (Lipinski definition) is 2. The van der Waals surface area contributed by atoms with Gasteiger partial charge in [-0.15, -0.1) is 0 Å². The largest absolute Gasteiger partial charge is 0.351 e. The van der Waals surface area contributed by atoms with E-state index in [2.05, 4.69) is 10.6 Å². The Morgan fingerprint density at radius 3 is 2.26 bits per heavy atom. The molecule has 188 valence electrons. The van der Waals surface area contributed by atoms with Crippen molar-refractivity contribution in [2.45, 2.75) is 62.4 Å². The number of halogens is 1. The van der Waals surface area contributed by atoms with Crippen LogP contribution in [0, 0.1) is 18.7 Å². The van der Waals surface area contributed by atoms with Crippen LogP contribution in [0.4, 0.5) is 4.39 Å². The van der Waals surface area contributed by atoms with Crippen molar-refractivity contribution >= 4 is 21.8 Å². The van der Waals surface area contributed by atoms with Crippen molar-refractivity contribution in [3.63, 3.8) is 0 Å². The SMILES string of the molecule is Cc1ccccc1C(=O)N[C@@H]1CCCC[C@H]1NC(=O)C1CCCN(S(=O)(=O)c2ccc(F)cc2)C1. The molecule has 2 amide bonds. The molecule has 3 atom stereocenters. The first-order valence-corrected chi connectivity index (χ1v) is 13.6. The molecule has 7 nitrogen and oxygen atoms in total. The fourth-order valence-corrected chi connectivity index (χ4v) is 6.50. The molecule has 1 unspecified atom stereocenters. The third-order valence-electron chi connectivity index (χ3n) is 7.01. The monoisotopic (exact) mass is 501 g/mol. The summed E-state index contributed by atoms with van der Waals surface area (Å²) in [5, 5.41) is 6.21. The molecule has 0 spiro atoms. The second-order valence-electron chi connectivity index (χ2n) is 9.45. The first-order chi connectivity index (χ1) is 16.8. The number of amides is 2. The van der Waals surface area contributed by atoms with Crippen LogP contribution in [0.5, 0.6) is 0 Å². The minimum Gasteiger partial charge on any atom is -0.351 e. The predicted octanol–water partition coefficient (Wildman–Crippen LogP) is 3.39. The molecular weight excluding hydrogens is 469 g/mol. The average molecular weight is 502 g/mol. The van der Waals surface area contributed by atoms with Gasteiger partial charge < -0.3 is 10.6 Å². The highest BCUT2D eigenvalue weighted by Crippen LogP contribution is 2.26. The van der Waals surface area contributed by atoms with Crippen LogP contribution in [0.15, 0.2) is 53.4 Å². The molecule has 4 rings (SSSR count). The Balaban J connectivity index is 1.40. The second kappa shape index (κ2) is 10.9. The molecule has 2 aromatic carbocycles. The van der Waals surface area contributed by atoms with Gasteiger partial charge in [0.2, 0.25) is 15.9 Å². The summed E-state index contributed by atoms with van der Waals surface area (Å²) in [4.78, 5) is 26.1. The van der Waals surface area contributed by atoms with E-state index >= 15 is 0 Å². The van der Waals surface area contributed by atoms with Crippen molar-refractivity contribution in [2.75, 3.05) is 13.1 Å². The number of carbonyl (C=O) groups excluding carboxylic acids is 2. The highest BCUT2D eigenvalue weighted by Gasteiger charge is 2.35. The smallest absolute Gasteiger partial charge is 0.251 e. The zero-order valence-electron chi connectivity index (χ0n) is 19.9. The van der Waals surface area contributed by atoms with Gasteiger partial charge in [-0.25, -0.2) is 12.8 Å². The Kier molecular flexibility index (Phi) is 7.86. The van der Waals surface area contributed by atoms with Gasteiger partial charge in [-0.3, -0.25) is 9.59 Å². The van der Waals surface area contributed by atoms with Crippen LogP contribution in [0.3, 0.4) is 0 Å². The molecule has 9 heteroatoms. The summed E-state index contributed by atoms with van der Waals surface area (Å²) in [6, 6.07) is 11.8.